The number of rotatable bonds is 3. The molecule has 1 aromatic rings. The van der Waals surface area contributed by atoms with Gasteiger partial charge in [0.15, 0.2) is 0 Å². The summed E-state index contributed by atoms with van der Waals surface area (Å²) < 4.78 is 0. The highest BCUT2D eigenvalue weighted by molar-refractivity contribution is 5.89. The predicted octanol–water partition coefficient (Wildman–Crippen LogP) is 2.43. The van der Waals surface area contributed by atoms with E-state index in [-0.39, 0.29) is 11.3 Å². The van der Waals surface area contributed by atoms with Gasteiger partial charge in [-0.3, -0.25) is 4.79 Å². The smallest absolute Gasteiger partial charge is 0.225 e. The Hall–Kier alpha value is -1.58. The molecule has 0 aliphatic heterocycles. The number of nitrogen functional groups attached to an aromatic ring is 1. The van der Waals surface area contributed by atoms with Crippen LogP contribution in [0.15, 0.2) is 18.3 Å². The lowest BCUT2D eigenvalue weighted by Crippen LogP contribution is -2.16. The zero-order chi connectivity index (χ0) is 12.2. The van der Waals surface area contributed by atoms with Gasteiger partial charge in [-0.05, 0) is 24.0 Å². The molecule has 0 unspecified atom stereocenters. The second kappa shape index (κ2) is 4.96. The summed E-state index contributed by atoms with van der Waals surface area (Å²) >= 11 is 0. The minimum atomic E-state index is -0.00723. The molecule has 0 aliphatic rings. The molecule has 4 nitrogen and oxygen atoms in total. The van der Waals surface area contributed by atoms with E-state index in [0.717, 1.165) is 6.42 Å². The SMILES string of the molecule is CC(C)(C)CCC(=O)Nc1ccc(N)cn1. The number of nitrogens with one attached hydrogen (secondary N) is 1. The molecule has 4 heteroatoms. The Morgan fingerprint density at radius 2 is 2.12 bits per heavy atom. The van der Waals surface area contributed by atoms with Crippen molar-refractivity contribution < 1.29 is 4.79 Å². The van der Waals surface area contributed by atoms with E-state index < -0.39 is 0 Å². The Kier molecular flexibility index (Phi) is 3.88. The van der Waals surface area contributed by atoms with Crippen molar-refractivity contribution in [2.45, 2.75) is 33.6 Å². The van der Waals surface area contributed by atoms with Crippen LogP contribution in [0.5, 0.6) is 0 Å². The third-order valence-electron chi connectivity index (χ3n) is 2.16. The summed E-state index contributed by atoms with van der Waals surface area (Å²) in [5, 5.41) is 2.74. The molecule has 0 aliphatic carbocycles. The number of aromatic nitrogens is 1. The van der Waals surface area contributed by atoms with Crippen LogP contribution in [0.3, 0.4) is 0 Å². The summed E-state index contributed by atoms with van der Waals surface area (Å²) in [5.74, 6) is 0.542. The molecule has 0 saturated carbocycles. The molecule has 88 valence electrons. The number of amides is 1. The standard InChI is InChI=1S/C12H19N3O/c1-12(2,3)7-6-11(16)15-10-5-4-9(13)8-14-10/h4-5,8H,6-7,13H2,1-3H3,(H,14,15,16). The predicted molar refractivity (Wildman–Crippen MR) is 66.0 cm³/mol. The summed E-state index contributed by atoms with van der Waals surface area (Å²) in [6.45, 7) is 6.34. The van der Waals surface area contributed by atoms with E-state index >= 15 is 0 Å². The van der Waals surface area contributed by atoms with Gasteiger partial charge >= 0.3 is 0 Å². The zero-order valence-corrected chi connectivity index (χ0v) is 10.1. The van der Waals surface area contributed by atoms with E-state index in [4.69, 9.17) is 5.73 Å². The molecule has 16 heavy (non-hydrogen) atoms. The quantitative estimate of drug-likeness (QED) is 0.823. The van der Waals surface area contributed by atoms with Crippen LogP contribution in [0.2, 0.25) is 0 Å². The van der Waals surface area contributed by atoms with Gasteiger partial charge in [-0.15, -0.1) is 0 Å². The molecule has 0 fully saturated rings. The summed E-state index contributed by atoms with van der Waals surface area (Å²) in [7, 11) is 0. The largest absolute Gasteiger partial charge is 0.397 e. The monoisotopic (exact) mass is 221 g/mol. The molecule has 1 heterocycles. The Morgan fingerprint density at radius 1 is 1.44 bits per heavy atom. The molecule has 1 aromatic heterocycles. The first-order valence-electron chi connectivity index (χ1n) is 5.38. The van der Waals surface area contributed by atoms with Crippen molar-refractivity contribution in [2.24, 2.45) is 5.41 Å². The fourth-order valence-electron chi connectivity index (χ4n) is 1.17. The van der Waals surface area contributed by atoms with Crippen molar-refractivity contribution in [3.63, 3.8) is 0 Å². The molecule has 1 amide bonds. The van der Waals surface area contributed by atoms with Crippen molar-refractivity contribution in [1.82, 2.24) is 4.98 Å². The Bertz CT molecular complexity index is 352. The van der Waals surface area contributed by atoms with Crippen molar-refractivity contribution >= 4 is 17.4 Å². The van der Waals surface area contributed by atoms with Gasteiger partial charge in [0.1, 0.15) is 5.82 Å². The van der Waals surface area contributed by atoms with E-state index in [0.29, 0.717) is 17.9 Å². The van der Waals surface area contributed by atoms with Crippen LogP contribution in [-0.2, 0) is 4.79 Å². The lowest BCUT2D eigenvalue weighted by atomic mass is 9.90. The van der Waals surface area contributed by atoms with Crippen LogP contribution in [0.1, 0.15) is 33.6 Å². The fourth-order valence-corrected chi connectivity index (χ4v) is 1.17. The molecule has 0 radical (unpaired) electrons. The summed E-state index contributed by atoms with van der Waals surface area (Å²) in [6, 6.07) is 3.41. The Morgan fingerprint density at radius 3 is 2.62 bits per heavy atom. The normalized spacial score (nSPS) is 11.2. The zero-order valence-electron chi connectivity index (χ0n) is 10.1. The summed E-state index contributed by atoms with van der Waals surface area (Å²) in [5.41, 5.74) is 6.26. The van der Waals surface area contributed by atoms with Gasteiger partial charge < -0.3 is 11.1 Å². The van der Waals surface area contributed by atoms with Gasteiger partial charge in [-0.25, -0.2) is 4.98 Å². The maximum absolute atomic E-state index is 11.6. The number of pyridine rings is 1. The summed E-state index contributed by atoms with van der Waals surface area (Å²) in [4.78, 5) is 15.6. The third kappa shape index (κ3) is 4.77. The van der Waals surface area contributed by atoms with Crippen molar-refractivity contribution in [3.05, 3.63) is 18.3 Å². The number of nitrogens with zero attached hydrogens (tertiary/aromatic N) is 1. The molecule has 1 rings (SSSR count). The van der Waals surface area contributed by atoms with Crippen LogP contribution in [-0.4, -0.2) is 10.9 Å². The molecular formula is C12H19N3O. The minimum Gasteiger partial charge on any atom is -0.397 e. The van der Waals surface area contributed by atoms with E-state index in [1.165, 1.54) is 6.20 Å². The van der Waals surface area contributed by atoms with Gasteiger partial charge in [0, 0.05) is 6.42 Å². The van der Waals surface area contributed by atoms with Crippen LogP contribution in [0.25, 0.3) is 0 Å². The highest BCUT2D eigenvalue weighted by atomic mass is 16.1. The molecule has 3 N–H and O–H groups in total. The lowest BCUT2D eigenvalue weighted by molar-refractivity contribution is -0.116. The average molecular weight is 221 g/mol. The second-order valence-electron chi connectivity index (χ2n) is 5.09. The molecule has 0 atom stereocenters. The molecule has 0 aromatic carbocycles. The van der Waals surface area contributed by atoms with Crippen LogP contribution in [0, 0.1) is 5.41 Å². The number of anilines is 2. The van der Waals surface area contributed by atoms with Gasteiger partial charge in [-0.1, -0.05) is 20.8 Å². The first-order valence-corrected chi connectivity index (χ1v) is 5.38. The van der Waals surface area contributed by atoms with E-state index in [2.05, 4.69) is 31.1 Å². The third-order valence-corrected chi connectivity index (χ3v) is 2.16. The van der Waals surface area contributed by atoms with E-state index in [1.54, 1.807) is 12.1 Å². The number of hydrogen-bond donors (Lipinski definition) is 2. The highest BCUT2D eigenvalue weighted by Crippen LogP contribution is 2.20. The number of carbonyl (C=O) groups is 1. The van der Waals surface area contributed by atoms with E-state index in [9.17, 15) is 4.79 Å². The first kappa shape index (κ1) is 12.5. The van der Waals surface area contributed by atoms with Crippen LogP contribution >= 0.6 is 0 Å². The topological polar surface area (TPSA) is 68.0 Å². The maximum Gasteiger partial charge on any atom is 0.225 e. The van der Waals surface area contributed by atoms with Crippen molar-refractivity contribution in [2.75, 3.05) is 11.1 Å². The fraction of sp³-hybridized carbons (Fsp3) is 0.500. The van der Waals surface area contributed by atoms with Gasteiger partial charge in [0.05, 0.1) is 11.9 Å². The molecular weight excluding hydrogens is 202 g/mol. The van der Waals surface area contributed by atoms with Crippen LogP contribution < -0.4 is 11.1 Å². The molecule has 0 spiro atoms. The minimum absolute atomic E-state index is 0.00723. The van der Waals surface area contributed by atoms with Gasteiger partial charge in [0.25, 0.3) is 0 Å². The lowest BCUT2D eigenvalue weighted by Gasteiger charge is -2.17. The molecule has 0 bridgehead atoms. The van der Waals surface area contributed by atoms with Gasteiger partial charge in [-0.2, -0.15) is 0 Å². The van der Waals surface area contributed by atoms with Crippen molar-refractivity contribution in [3.8, 4) is 0 Å². The molecule has 0 saturated heterocycles. The number of carbonyl (C=O) groups excluding carboxylic acids is 1. The average Bonchev–Trinajstić information content (AvgIpc) is 2.18. The Labute approximate surface area is 96.3 Å². The van der Waals surface area contributed by atoms with Crippen LogP contribution in [0.4, 0.5) is 11.5 Å². The highest BCUT2D eigenvalue weighted by Gasteiger charge is 2.13. The maximum atomic E-state index is 11.6. The first-order chi connectivity index (χ1) is 7.37. The number of hydrogen-bond acceptors (Lipinski definition) is 3. The number of nitrogens with two attached hydrogens (primary N) is 1. The van der Waals surface area contributed by atoms with E-state index in [1.807, 2.05) is 0 Å². The van der Waals surface area contributed by atoms with Gasteiger partial charge in [0.2, 0.25) is 5.91 Å². The van der Waals surface area contributed by atoms with Crippen molar-refractivity contribution in [1.29, 1.82) is 0 Å². The Balaban J connectivity index is 2.43. The summed E-state index contributed by atoms with van der Waals surface area (Å²) in [6.07, 6.45) is 2.89. The second-order valence-corrected chi connectivity index (χ2v) is 5.09.